The minimum Gasteiger partial charge on any atom is -0.383 e. The van der Waals surface area contributed by atoms with Gasteiger partial charge in [0.05, 0.1) is 30.0 Å². The van der Waals surface area contributed by atoms with Gasteiger partial charge in [0.2, 0.25) is 0 Å². The summed E-state index contributed by atoms with van der Waals surface area (Å²) >= 11 is 1.74. The molecule has 0 saturated carbocycles. The number of aromatic amines is 1. The Balaban J connectivity index is 1.76. The smallest absolute Gasteiger partial charge is 0.267 e. The molecule has 0 aliphatic carbocycles. The van der Waals surface area contributed by atoms with Crippen LogP contribution >= 0.6 is 11.3 Å². The van der Waals surface area contributed by atoms with E-state index in [1.165, 1.54) is 10.4 Å². The molecular weight excluding hydrogens is 314 g/mol. The molecule has 7 heteroatoms. The van der Waals surface area contributed by atoms with Crippen molar-refractivity contribution in [2.75, 3.05) is 46.6 Å². The number of hydrogen-bond acceptors (Lipinski definition) is 5. The fourth-order valence-electron chi connectivity index (χ4n) is 2.80. The van der Waals surface area contributed by atoms with E-state index < -0.39 is 0 Å². The van der Waals surface area contributed by atoms with Crippen LogP contribution in [-0.2, 0) is 16.0 Å². The van der Waals surface area contributed by atoms with Gasteiger partial charge >= 0.3 is 0 Å². The summed E-state index contributed by atoms with van der Waals surface area (Å²) in [5, 5.41) is 2.85. The first-order valence-corrected chi connectivity index (χ1v) is 8.69. The molecule has 1 fully saturated rings. The number of ether oxygens (including phenoxy) is 2. The number of carbonyl (C=O) groups excluding carboxylic acids is 1. The minimum absolute atomic E-state index is 0.0829. The van der Waals surface area contributed by atoms with Crippen molar-refractivity contribution in [1.82, 2.24) is 15.2 Å². The van der Waals surface area contributed by atoms with Crippen molar-refractivity contribution in [3.63, 3.8) is 0 Å². The molecule has 1 aliphatic heterocycles. The number of thiophene rings is 1. The Bertz CT molecular complexity index is 673. The maximum Gasteiger partial charge on any atom is 0.267 e. The fraction of sp³-hybridized carbons (Fsp3) is 0.562. The number of fused-ring (bicyclic) bond motifs is 1. The number of morpholine rings is 1. The molecule has 0 atom stereocenters. The summed E-state index contributed by atoms with van der Waals surface area (Å²) in [6.07, 6.45) is 0. The van der Waals surface area contributed by atoms with Crippen LogP contribution in [0, 0.1) is 6.92 Å². The largest absolute Gasteiger partial charge is 0.383 e. The van der Waals surface area contributed by atoms with Crippen molar-refractivity contribution >= 4 is 27.5 Å². The number of rotatable bonds is 6. The summed E-state index contributed by atoms with van der Waals surface area (Å²) in [6, 6.07) is 1.94. The van der Waals surface area contributed by atoms with Gasteiger partial charge in [0.1, 0.15) is 5.69 Å². The van der Waals surface area contributed by atoms with Crippen LogP contribution in [0.4, 0.5) is 0 Å². The number of methoxy groups -OCH3 is 1. The molecular formula is C16H23N3O3S. The molecule has 2 N–H and O–H groups in total. The SMILES string of the molecule is COCCNC(=O)c1cc2sc(C)c(CN3CCOCC3)c2[nH]1. The van der Waals surface area contributed by atoms with Crippen molar-refractivity contribution < 1.29 is 14.3 Å². The summed E-state index contributed by atoms with van der Waals surface area (Å²) in [7, 11) is 1.62. The van der Waals surface area contributed by atoms with Gasteiger partial charge in [0, 0.05) is 43.7 Å². The molecule has 0 bridgehead atoms. The zero-order valence-electron chi connectivity index (χ0n) is 13.6. The van der Waals surface area contributed by atoms with Crippen LogP contribution in [0.3, 0.4) is 0 Å². The zero-order chi connectivity index (χ0) is 16.2. The molecule has 0 aromatic carbocycles. The second-order valence-corrected chi connectivity index (χ2v) is 6.95. The maximum atomic E-state index is 12.2. The Morgan fingerprint density at radius 3 is 3.00 bits per heavy atom. The van der Waals surface area contributed by atoms with E-state index >= 15 is 0 Å². The van der Waals surface area contributed by atoms with E-state index in [1.807, 2.05) is 6.07 Å². The first kappa shape index (κ1) is 16.4. The normalized spacial score (nSPS) is 16.1. The first-order valence-electron chi connectivity index (χ1n) is 7.87. The lowest BCUT2D eigenvalue weighted by atomic mass is 10.2. The quantitative estimate of drug-likeness (QED) is 0.788. The number of nitrogens with zero attached hydrogens (tertiary/aromatic N) is 1. The predicted octanol–water partition coefficient (Wildman–Crippen LogP) is 1.75. The maximum absolute atomic E-state index is 12.2. The summed E-state index contributed by atoms with van der Waals surface area (Å²) in [5.41, 5.74) is 3.00. The third-order valence-electron chi connectivity index (χ3n) is 4.09. The molecule has 0 radical (unpaired) electrons. The number of nitrogens with one attached hydrogen (secondary N) is 2. The van der Waals surface area contributed by atoms with Gasteiger partial charge in [-0.15, -0.1) is 11.3 Å². The molecule has 1 aliphatic rings. The highest BCUT2D eigenvalue weighted by atomic mass is 32.1. The van der Waals surface area contributed by atoms with Gasteiger partial charge in [-0.1, -0.05) is 0 Å². The van der Waals surface area contributed by atoms with Crippen molar-refractivity contribution in [2.24, 2.45) is 0 Å². The van der Waals surface area contributed by atoms with E-state index in [-0.39, 0.29) is 5.91 Å². The standard InChI is InChI=1S/C16H23N3O3S/c1-11-12(10-19-4-7-22-8-5-19)15-14(23-11)9-13(18-15)16(20)17-3-6-21-2/h9,18H,3-8,10H2,1-2H3,(H,17,20). The highest BCUT2D eigenvalue weighted by Crippen LogP contribution is 2.32. The second-order valence-electron chi connectivity index (χ2n) is 5.70. The van der Waals surface area contributed by atoms with Gasteiger partial charge in [-0.2, -0.15) is 0 Å². The van der Waals surface area contributed by atoms with Gasteiger partial charge in [-0.25, -0.2) is 0 Å². The van der Waals surface area contributed by atoms with Crippen LogP contribution in [0.5, 0.6) is 0 Å². The Labute approximate surface area is 139 Å². The van der Waals surface area contributed by atoms with Crippen molar-refractivity contribution in [1.29, 1.82) is 0 Å². The van der Waals surface area contributed by atoms with E-state index in [1.54, 1.807) is 18.4 Å². The number of H-pyrrole nitrogens is 1. The fourth-order valence-corrected chi connectivity index (χ4v) is 3.87. The topological polar surface area (TPSA) is 66.6 Å². The molecule has 1 amide bonds. The molecule has 0 spiro atoms. The molecule has 6 nitrogen and oxygen atoms in total. The zero-order valence-corrected chi connectivity index (χ0v) is 14.4. The average molecular weight is 337 g/mol. The molecule has 0 unspecified atom stereocenters. The van der Waals surface area contributed by atoms with Gasteiger partial charge in [-0.05, 0) is 13.0 Å². The summed E-state index contributed by atoms with van der Waals surface area (Å²) in [6.45, 7) is 7.59. The number of carbonyl (C=O) groups is 1. The molecule has 3 rings (SSSR count). The number of aromatic nitrogens is 1. The summed E-state index contributed by atoms with van der Waals surface area (Å²) in [5.74, 6) is -0.0829. The number of hydrogen-bond donors (Lipinski definition) is 2. The lowest BCUT2D eigenvalue weighted by molar-refractivity contribution is 0.0343. The predicted molar refractivity (Wildman–Crippen MR) is 91.2 cm³/mol. The Morgan fingerprint density at radius 1 is 1.48 bits per heavy atom. The van der Waals surface area contributed by atoms with E-state index in [9.17, 15) is 4.79 Å². The van der Waals surface area contributed by atoms with Crippen LogP contribution in [0.15, 0.2) is 6.07 Å². The van der Waals surface area contributed by atoms with Crippen molar-refractivity contribution in [2.45, 2.75) is 13.5 Å². The van der Waals surface area contributed by atoms with E-state index in [4.69, 9.17) is 9.47 Å². The Hall–Kier alpha value is -1.41. The molecule has 3 heterocycles. The van der Waals surface area contributed by atoms with E-state index in [0.29, 0.717) is 18.8 Å². The van der Waals surface area contributed by atoms with Crippen molar-refractivity contribution in [3.8, 4) is 0 Å². The summed E-state index contributed by atoms with van der Waals surface area (Å²) in [4.78, 5) is 19.2. The molecule has 23 heavy (non-hydrogen) atoms. The Morgan fingerprint density at radius 2 is 2.26 bits per heavy atom. The lowest BCUT2D eigenvalue weighted by Gasteiger charge is -2.26. The Kier molecular flexibility index (Phi) is 5.32. The monoisotopic (exact) mass is 337 g/mol. The number of amides is 1. The van der Waals surface area contributed by atoms with Gasteiger partial charge < -0.3 is 19.8 Å². The average Bonchev–Trinajstić information content (AvgIpc) is 3.08. The van der Waals surface area contributed by atoms with Crippen molar-refractivity contribution in [3.05, 3.63) is 22.2 Å². The third kappa shape index (κ3) is 3.74. The minimum atomic E-state index is -0.0829. The highest BCUT2D eigenvalue weighted by Gasteiger charge is 2.19. The first-order chi connectivity index (χ1) is 11.2. The van der Waals surface area contributed by atoms with Crippen LogP contribution in [0.1, 0.15) is 20.9 Å². The van der Waals surface area contributed by atoms with Crippen LogP contribution in [0.2, 0.25) is 0 Å². The second kappa shape index (κ2) is 7.44. The van der Waals surface area contributed by atoms with Crippen LogP contribution < -0.4 is 5.32 Å². The van der Waals surface area contributed by atoms with Crippen LogP contribution in [-0.4, -0.2) is 62.4 Å². The molecule has 2 aromatic rings. The third-order valence-corrected chi connectivity index (χ3v) is 5.19. The van der Waals surface area contributed by atoms with Crippen LogP contribution in [0.25, 0.3) is 10.2 Å². The lowest BCUT2D eigenvalue weighted by Crippen LogP contribution is -2.35. The van der Waals surface area contributed by atoms with Gasteiger partial charge in [-0.3, -0.25) is 9.69 Å². The molecule has 2 aromatic heterocycles. The highest BCUT2D eigenvalue weighted by molar-refractivity contribution is 7.19. The summed E-state index contributed by atoms with van der Waals surface area (Å²) < 4.78 is 11.5. The van der Waals surface area contributed by atoms with Gasteiger partial charge in [0.25, 0.3) is 5.91 Å². The van der Waals surface area contributed by atoms with E-state index in [0.717, 1.165) is 43.1 Å². The van der Waals surface area contributed by atoms with E-state index in [2.05, 4.69) is 22.1 Å². The molecule has 1 saturated heterocycles. The van der Waals surface area contributed by atoms with Gasteiger partial charge in [0.15, 0.2) is 0 Å². The molecule has 126 valence electrons. The number of aryl methyl sites for hydroxylation is 1.